The van der Waals surface area contributed by atoms with Crippen LogP contribution in [0.1, 0.15) is 20.3 Å². The van der Waals surface area contributed by atoms with Crippen LogP contribution >= 0.6 is 7.82 Å². The van der Waals surface area contributed by atoms with Crippen molar-refractivity contribution in [2.45, 2.75) is 32.5 Å². The fraction of sp³-hybridized carbons (Fsp3) is 1.00. The average Bonchev–Trinajstić information content (AvgIpc) is 2.24. The van der Waals surface area contributed by atoms with Crippen LogP contribution in [0.3, 0.4) is 0 Å². The van der Waals surface area contributed by atoms with E-state index in [4.69, 9.17) is 14.5 Å². The fourth-order valence-corrected chi connectivity index (χ4v) is 1.88. The Labute approximate surface area is 77.3 Å². The van der Waals surface area contributed by atoms with Crippen molar-refractivity contribution in [3.05, 3.63) is 0 Å². The van der Waals surface area contributed by atoms with Gasteiger partial charge in [0.1, 0.15) is 0 Å². The van der Waals surface area contributed by atoms with Gasteiger partial charge in [-0.05, 0) is 19.3 Å². The van der Waals surface area contributed by atoms with E-state index < -0.39 is 7.82 Å². The second kappa shape index (κ2) is 4.07. The van der Waals surface area contributed by atoms with Crippen molar-refractivity contribution < 1.29 is 23.6 Å². The van der Waals surface area contributed by atoms with Crippen molar-refractivity contribution in [1.29, 1.82) is 0 Å². The van der Waals surface area contributed by atoms with Crippen LogP contribution in [0.5, 0.6) is 0 Å². The van der Waals surface area contributed by atoms with E-state index in [1.165, 1.54) is 0 Å². The predicted molar refractivity (Wildman–Crippen MR) is 46.1 cm³/mol. The van der Waals surface area contributed by atoms with Gasteiger partial charge in [0.25, 0.3) is 0 Å². The maximum absolute atomic E-state index is 10.4. The molecular weight excluding hydrogens is 195 g/mol. The summed E-state index contributed by atoms with van der Waals surface area (Å²) in [6, 6.07) is 0. The van der Waals surface area contributed by atoms with Gasteiger partial charge in [0, 0.05) is 0 Å². The van der Waals surface area contributed by atoms with Gasteiger partial charge in [0.15, 0.2) is 0 Å². The van der Waals surface area contributed by atoms with Crippen molar-refractivity contribution in [3.8, 4) is 0 Å². The molecule has 2 N–H and O–H groups in total. The van der Waals surface area contributed by atoms with E-state index in [2.05, 4.69) is 4.52 Å². The minimum Gasteiger partial charge on any atom is -0.373 e. The number of phosphoric acid groups is 1. The molecule has 1 aliphatic rings. The van der Waals surface area contributed by atoms with Crippen molar-refractivity contribution in [3.63, 3.8) is 0 Å². The molecule has 1 heterocycles. The van der Waals surface area contributed by atoms with Crippen molar-refractivity contribution >= 4 is 7.82 Å². The molecular formula is C7H15O5P. The van der Waals surface area contributed by atoms with Crippen LogP contribution in [0, 0.1) is 5.92 Å². The normalized spacial score (nSPS) is 35.2. The lowest BCUT2D eigenvalue weighted by atomic mass is 10.0. The zero-order chi connectivity index (χ0) is 10.1. The van der Waals surface area contributed by atoms with Gasteiger partial charge in [-0.3, -0.25) is 4.52 Å². The summed E-state index contributed by atoms with van der Waals surface area (Å²) in [7, 11) is -4.34. The average molecular weight is 210 g/mol. The van der Waals surface area contributed by atoms with E-state index in [-0.39, 0.29) is 18.8 Å². The molecule has 78 valence electrons. The molecule has 0 spiro atoms. The minimum atomic E-state index is -4.34. The molecule has 1 fully saturated rings. The fourth-order valence-electron chi connectivity index (χ4n) is 1.54. The molecule has 1 rings (SSSR count). The van der Waals surface area contributed by atoms with Gasteiger partial charge in [-0.2, -0.15) is 0 Å². The summed E-state index contributed by atoms with van der Waals surface area (Å²) >= 11 is 0. The molecule has 3 atom stereocenters. The lowest BCUT2D eigenvalue weighted by Gasteiger charge is -2.15. The zero-order valence-corrected chi connectivity index (χ0v) is 8.61. The molecule has 0 aliphatic carbocycles. The van der Waals surface area contributed by atoms with Crippen LogP contribution < -0.4 is 0 Å². The van der Waals surface area contributed by atoms with E-state index in [0.29, 0.717) is 5.92 Å². The lowest BCUT2D eigenvalue weighted by molar-refractivity contribution is 0.00803. The highest BCUT2D eigenvalue weighted by Crippen LogP contribution is 2.37. The highest BCUT2D eigenvalue weighted by molar-refractivity contribution is 7.46. The third-order valence-electron chi connectivity index (χ3n) is 2.15. The standard InChI is InChI=1S/C7H15O5P/c1-5-3-6(2)12-7(5)4-11-13(8,9)10/h5-7H,3-4H2,1-2H3,(H2,8,9,10)/t5-,6?,7?/m0/s1. The van der Waals surface area contributed by atoms with Gasteiger partial charge in [-0.1, -0.05) is 6.92 Å². The van der Waals surface area contributed by atoms with E-state index in [1.807, 2.05) is 13.8 Å². The molecule has 0 radical (unpaired) electrons. The van der Waals surface area contributed by atoms with Gasteiger partial charge in [0.05, 0.1) is 18.8 Å². The number of ether oxygens (including phenoxy) is 1. The Bertz CT molecular complexity index is 213. The topological polar surface area (TPSA) is 76.0 Å². The van der Waals surface area contributed by atoms with Crippen LogP contribution in [-0.2, 0) is 13.8 Å². The predicted octanol–water partition coefficient (Wildman–Crippen LogP) is 0.909. The maximum atomic E-state index is 10.4. The van der Waals surface area contributed by atoms with Crippen LogP contribution in [0.2, 0.25) is 0 Å². The lowest BCUT2D eigenvalue weighted by Crippen LogP contribution is -2.20. The summed E-state index contributed by atoms with van der Waals surface area (Å²) in [4.78, 5) is 16.9. The number of rotatable bonds is 3. The van der Waals surface area contributed by atoms with E-state index in [0.717, 1.165) is 6.42 Å². The van der Waals surface area contributed by atoms with Crippen LogP contribution in [0.15, 0.2) is 0 Å². The molecule has 0 amide bonds. The first-order valence-corrected chi connectivity index (χ1v) is 5.77. The third-order valence-corrected chi connectivity index (χ3v) is 2.64. The Morgan fingerprint density at radius 2 is 2.15 bits per heavy atom. The Hall–Kier alpha value is 0.0700. The molecule has 2 unspecified atom stereocenters. The van der Waals surface area contributed by atoms with Gasteiger partial charge in [-0.15, -0.1) is 0 Å². The number of hydrogen-bond acceptors (Lipinski definition) is 3. The first kappa shape index (κ1) is 11.1. The van der Waals surface area contributed by atoms with Crippen molar-refractivity contribution in [2.75, 3.05) is 6.61 Å². The van der Waals surface area contributed by atoms with Gasteiger partial charge < -0.3 is 14.5 Å². The maximum Gasteiger partial charge on any atom is 0.469 e. The largest absolute Gasteiger partial charge is 0.469 e. The molecule has 13 heavy (non-hydrogen) atoms. The number of hydrogen-bond donors (Lipinski definition) is 2. The first-order chi connectivity index (χ1) is 5.88. The second-order valence-corrected chi connectivity index (χ2v) is 4.72. The summed E-state index contributed by atoms with van der Waals surface area (Å²) in [5.41, 5.74) is 0. The van der Waals surface area contributed by atoms with Gasteiger partial charge in [-0.25, -0.2) is 4.57 Å². The zero-order valence-electron chi connectivity index (χ0n) is 7.71. The summed E-state index contributed by atoms with van der Waals surface area (Å²) in [5.74, 6) is 0.293. The summed E-state index contributed by atoms with van der Waals surface area (Å²) in [6.07, 6.45) is 0.873. The molecule has 5 nitrogen and oxygen atoms in total. The van der Waals surface area contributed by atoms with Crippen LogP contribution in [0.25, 0.3) is 0 Å². The summed E-state index contributed by atoms with van der Waals surface area (Å²) < 4.78 is 20.2. The van der Waals surface area contributed by atoms with Gasteiger partial charge >= 0.3 is 7.82 Å². The van der Waals surface area contributed by atoms with Crippen LogP contribution in [-0.4, -0.2) is 28.6 Å². The van der Waals surface area contributed by atoms with Crippen molar-refractivity contribution in [1.82, 2.24) is 0 Å². The molecule has 1 aliphatic heterocycles. The number of phosphoric ester groups is 1. The smallest absolute Gasteiger partial charge is 0.373 e. The molecule has 1 saturated heterocycles. The third kappa shape index (κ3) is 3.75. The molecule has 0 aromatic rings. The highest BCUT2D eigenvalue weighted by Gasteiger charge is 2.31. The highest BCUT2D eigenvalue weighted by atomic mass is 31.2. The molecule has 6 heteroatoms. The SMILES string of the molecule is CC1C[C@H](C)C(COP(=O)(O)O)O1. The summed E-state index contributed by atoms with van der Waals surface area (Å²) in [5, 5.41) is 0. The van der Waals surface area contributed by atoms with E-state index in [9.17, 15) is 4.57 Å². The van der Waals surface area contributed by atoms with E-state index >= 15 is 0 Å². The molecule has 0 aromatic carbocycles. The Balaban J connectivity index is 2.34. The minimum absolute atomic E-state index is 0.0320. The molecule has 0 bridgehead atoms. The first-order valence-electron chi connectivity index (χ1n) is 4.24. The quantitative estimate of drug-likeness (QED) is 0.677. The van der Waals surface area contributed by atoms with Gasteiger partial charge in [0.2, 0.25) is 0 Å². The summed E-state index contributed by atoms with van der Waals surface area (Å²) in [6.45, 7) is 3.89. The monoisotopic (exact) mass is 210 g/mol. The molecule has 0 saturated carbocycles. The Morgan fingerprint density at radius 1 is 1.54 bits per heavy atom. The Morgan fingerprint density at radius 3 is 2.54 bits per heavy atom. The van der Waals surface area contributed by atoms with Crippen molar-refractivity contribution in [2.24, 2.45) is 5.92 Å². The Kier molecular flexibility index (Phi) is 3.49. The van der Waals surface area contributed by atoms with Crippen LogP contribution in [0.4, 0.5) is 0 Å². The van der Waals surface area contributed by atoms with E-state index in [1.54, 1.807) is 0 Å². The molecule has 0 aromatic heterocycles. The second-order valence-electron chi connectivity index (χ2n) is 3.48.